The second-order valence-corrected chi connectivity index (χ2v) is 12.5. The lowest BCUT2D eigenvalue weighted by molar-refractivity contribution is -0.0107. The molecule has 0 nitrogen and oxygen atoms in total. The summed E-state index contributed by atoms with van der Waals surface area (Å²) >= 11 is 2.73. The molecule has 9 atom stereocenters. The largest absolute Gasteiger partial charge is 0.0826 e. The summed E-state index contributed by atoms with van der Waals surface area (Å²) < 4.78 is 0.997. The van der Waals surface area contributed by atoms with E-state index in [1.807, 2.05) is 0 Å². The van der Waals surface area contributed by atoms with E-state index in [9.17, 15) is 0 Å². The van der Waals surface area contributed by atoms with Crippen LogP contribution in [0, 0.1) is 47.3 Å². The Morgan fingerprint density at radius 3 is 1.76 bits per heavy atom. The molecule has 5 fully saturated rings. The molecule has 142 valence electrons. The summed E-state index contributed by atoms with van der Waals surface area (Å²) in [6, 6.07) is 0. The molecule has 5 aliphatic carbocycles. The van der Waals surface area contributed by atoms with Crippen molar-refractivity contribution >= 4 is 22.6 Å². The summed E-state index contributed by atoms with van der Waals surface area (Å²) in [7, 11) is 0. The van der Waals surface area contributed by atoms with Crippen LogP contribution in [0.25, 0.3) is 0 Å². The summed E-state index contributed by atoms with van der Waals surface area (Å²) in [6.45, 7) is 0. The maximum absolute atomic E-state index is 2.73. The molecule has 0 heterocycles. The van der Waals surface area contributed by atoms with Crippen LogP contribution in [0.1, 0.15) is 96.3 Å². The molecule has 0 aromatic rings. The van der Waals surface area contributed by atoms with Gasteiger partial charge < -0.3 is 0 Å². The zero-order chi connectivity index (χ0) is 16.8. The van der Waals surface area contributed by atoms with Crippen LogP contribution in [0.4, 0.5) is 0 Å². The Labute approximate surface area is 169 Å². The van der Waals surface area contributed by atoms with Crippen molar-refractivity contribution < 1.29 is 0 Å². The highest BCUT2D eigenvalue weighted by Crippen LogP contribution is 2.55. The Kier molecular flexibility index (Phi) is 5.43. The average molecular weight is 454 g/mol. The van der Waals surface area contributed by atoms with Crippen molar-refractivity contribution in [1.29, 1.82) is 0 Å². The standard InChI is InChI=1S/C24H39I/c25-22-11-9-18-13-17(6-7-20(18)15-22)19-10-12-24-21(14-19)8-5-16-3-1-2-4-23(16)24/h16-24H,1-15H2/t16?,17?,18?,19-,20?,21?,22+,23?,24?/m1/s1. The Bertz CT molecular complexity index is 459. The molecule has 0 aromatic heterocycles. The first-order valence-corrected chi connectivity index (χ1v) is 13.2. The van der Waals surface area contributed by atoms with Crippen molar-refractivity contribution in [3.8, 4) is 0 Å². The monoisotopic (exact) mass is 454 g/mol. The van der Waals surface area contributed by atoms with Crippen LogP contribution in [0.3, 0.4) is 0 Å². The van der Waals surface area contributed by atoms with E-state index in [1.54, 1.807) is 89.9 Å². The molecule has 0 aliphatic heterocycles. The quantitative estimate of drug-likeness (QED) is 0.282. The van der Waals surface area contributed by atoms with Crippen molar-refractivity contribution in [3.05, 3.63) is 0 Å². The zero-order valence-corrected chi connectivity index (χ0v) is 18.3. The first kappa shape index (κ1) is 17.8. The molecule has 5 rings (SSSR count). The Hall–Kier alpha value is 0.730. The maximum atomic E-state index is 2.73. The summed E-state index contributed by atoms with van der Waals surface area (Å²) in [5.41, 5.74) is 0. The highest BCUT2D eigenvalue weighted by atomic mass is 127. The van der Waals surface area contributed by atoms with Gasteiger partial charge >= 0.3 is 0 Å². The van der Waals surface area contributed by atoms with Crippen molar-refractivity contribution in [2.45, 2.75) is 100 Å². The minimum atomic E-state index is 0.997. The van der Waals surface area contributed by atoms with Gasteiger partial charge in [0.25, 0.3) is 0 Å². The minimum absolute atomic E-state index is 0.997. The van der Waals surface area contributed by atoms with Crippen LogP contribution in [0.5, 0.6) is 0 Å². The Morgan fingerprint density at radius 1 is 0.400 bits per heavy atom. The molecule has 0 bridgehead atoms. The van der Waals surface area contributed by atoms with Gasteiger partial charge in [-0.2, -0.15) is 0 Å². The van der Waals surface area contributed by atoms with Crippen molar-refractivity contribution in [3.63, 3.8) is 0 Å². The van der Waals surface area contributed by atoms with Crippen LogP contribution in [0.15, 0.2) is 0 Å². The molecule has 0 saturated heterocycles. The third-order valence-corrected chi connectivity index (χ3v) is 10.9. The first-order valence-electron chi connectivity index (χ1n) is 11.9. The van der Waals surface area contributed by atoms with E-state index < -0.39 is 0 Å². The van der Waals surface area contributed by atoms with E-state index in [0.717, 1.165) is 51.3 Å². The SMILES string of the molecule is I[C@H]1CCC2CC([C@@H]3CCC4C(CCC5CCCCC54)C3)CCC2C1. The van der Waals surface area contributed by atoms with E-state index in [4.69, 9.17) is 0 Å². The molecule has 0 amide bonds. The van der Waals surface area contributed by atoms with Crippen LogP contribution in [0.2, 0.25) is 0 Å². The molecule has 5 aliphatic rings. The van der Waals surface area contributed by atoms with Crippen LogP contribution in [-0.4, -0.2) is 3.92 Å². The van der Waals surface area contributed by atoms with Gasteiger partial charge in [-0.15, -0.1) is 0 Å². The highest BCUT2D eigenvalue weighted by molar-refractivity contribution is 14.1. The second kappa shape index (κ2) is 7.63. The highest BCUT2D eigenvalue weighted by Gasteiger charge is 2.45. The van der Waals surface area contributed by atoms with E-state index in [1.165, 1.54) is 6.42 Å². The van der Waals surface area contributed by atoms with Gasteiger partial charge in [-0.3, -0.25) is 0 Å². The fourth-order valence-corrected chi connectivity index (χ4v) is 9.54. The molecular weight excluding hydrogens is 415 g/mol. The lowest BCUT2D eigenvalue weighted by Crippen LogP contribution is -2.42. The third-order valence-electron chi connectivity index (χ3n) is 9.76. The van der Waals surface area contributed by atoms with Gasteiger partial charge in [0.15, 0.2) is 0 Å². The average Bonchev–Trinajstić information content (AvgIpc) is 2.67. The minimum Gasteiger partial charge on any atom is -0.0826 e. The normalized spacial score (nSPS) is 53.4. The van der Waals surface area contributed by atoms with Crippen LogP contribution < -0.4 is 0 Å². The molecule has 7 unspecified atom stereocenters. The number of hydrogen-bond acceptors (Lipinski definition) is 0. The Balaban J connectivity index is 1.20. The first-order chi connectivity index (χ1) is 12.3. The maximum Gasteiger partial charge on any atom is 0.0112 e. The molecular formula is C24H39I. The molecule has 0 aromatic carbocycles. The third kappa shape index (κ3) is 3.58. The van der Waals surface area contributed by atoms with E-state index >= 15 is 0 Å². The smallest absolute Gasteiger partial charge is 0.0112 e. The molecule has 0 spiro atoms. The lowest BCUT2D eigenvalue weighted by Gasteiger charge is -2.51. The second-order valence-electron chi connectivity index (χ2n) is 10.8. The van der Waals surface area contributed by atoms with Gasteiger partial charge in [-0.1, -0.05) is 41.9 Å². The van der Waals surface area contributed by atoms with Gasteiger partial charge in [-0.25, -0.2) is 0 Å². The van der Waals surface area contributed by atoms with Gasteiger partial charge in [0.2, 0.25) is 0 Å². The molecule has 0 N–H and O–H groups in total. The van der Waals surface area contributed by atoms with Gasteiger partial charge in [-0.05, 0) is 124 Å². The number of alkyl halides is 1. The molecule has 0 radical (unpaired) electrons. The summed E-state index contributed by atoms with van der Waals surface area (Å²) in [5.74, 6) is 9.07. The van der Waals surface area contributed by atoms with E-state index in [0.29, 0.717) is 0 Å². The number of rotatable bonds is 1. The fourth-order valence-electron chi connectivity index (χ4n) is 8.53. The van der Waals surface area contributed by atoms with Crippen molar-refractivity contribution in [2.24, 2.45) is 47.3 Å². The van der Waals surface area contributed by atoms with Crippen LogP contribution in [-0.2, 0) is 0 Å². The number of hydrogen-bond donors (Lipinski definition) is 0. The van der Waals surface area contributed by atoms with Gasteiger partial charge in [0.1, 0.15) is 0 Å². The summed E-state index contributed by atoms with van der Waals surface area (Å²) in [5, 5.41) is 0. The predicted octanol–water partition coefficient (Wildman–Crippen LogP) is 7.64. The Morgan fingerprint density at radius 2 is 0.920 bits per heavy atom. The van der Waals surface area contributed by atoms with Crippen molar-refractivity contribution in [2.75, 3.05) is 0 Å². The summed E-state index contributed by atoms with van der Waals surface area (Å²) in [4.78, 5) is 0. The zero-order valence-electron chi connectivity index (χ0n) is 16.2. The van der Waals surface area contributed by atoms with Crippen molar-refractivity contribution in [1.82, 2.24) is 0 Å². The number of halogens is 1. The fraction of sp³-hybridized carbons (Fsp3) is 1.00. The predicted molar refractivity (Wildman–Crippen MR) is 115 cm³/mol. The topological polar surface area (TPSA) is 0 Å². The number of fused-ring (bicyclic) bond motifs is 4. The lowest BCUT2D eigenvalue weighted by atomic mass is 9.54. The van der Waals surface area contributed by atoms with Gasteiger partial charge in [0, 0.05) is 3.92 Å². The molecule has 25 heavy (non-hydrogen) atoms. The van der Waals surface area contributed by atoms with E-state index in [-0.39, 0.29) is 0 Å². The molecule has 5 saturated carbocycles. The molecule has 1 heteroatoms. The summed E-state index contributed by atoms with van der Waals surface area (Å²) in [6.07, 6.45) is 23.8. The van der Waals surface area contributed by atoms with Gasteiger partial charge in [0.05, 0.1) is 0 Å². The van der Waals surface area contributed by atoms with E-state index in [2.05, 4.69) is 22.6 Å². The van der Waals surface area contributed by atoms with Crippen LogP contribution >= 0.6 is 22.6 Å².